The molecule has 1 heterocycles. The molecule has 1 fully saturated rings. The Morgan fingerprint density at radius 3 is 2.70 bits per heavy atom. The molecule has 8 nitrogen and oxygen atoms in total. The van der Waals surface area contributed by atoms with Crippen LogP contribution in [0.25, 0.3) is 0 Å². The molecule has 4 N–H and O–H groups in total. The zero-order valence-corrected chi connectivity index (χ0v) is 12.6. The molecular weight excluding hydrogens is 284 g/mol. The Bertz CT molecular complexity index is 405. The van der Waals surface area contributed by atoms with Crippen LogP contribution in [-0.4, -0.2) is 69.0 Å². The maximum absolute atomic E-state index is 11.8. The fourth-order valence-corrected chi connectivity index (χ4v) is 3.29. The third kappa shape index (κ3) is 6.51. The Morgan fingerprint density at radius 2 is 2.15 bits per heavy atom. The fraction of sp³-hybridized carbons (Fsp3) is 0.909. The monoisotopic (exact) mass is 308 g/mol. The van der Waals surface area contributed by atoms with Crippen LogP contribution in [0.4, 0.5) is 0 Å². The lowest BCUT2D eigenvalue weighted by Crippen LogP contribution is -2.47. The lowest BCUT2D eigenvalue weighted by molar-refractivity contribution is 0.163. The van der Waals surface area contributed by atoms with Gasteiger partial charge in [-0.05, 0) is 19.8 Å². The van der Waals surface area contributed by atoms with Crippen LogP contribution in [0.3, 0.4) is 0 Å². The summed E-state index contributed by atoms with van der Waals surface area (Å²) in [6, 6.07) is -0.0508. The molecular formula is C11H24N4O4S. The molecule has 0 aromatic carbocycles. The van der Waals surface area contributed by atoms with Gasteiger partial charge in [-0.25, -0.2) is 13.1 Å². The first-order valence-corrected chi connectivity index (χ1v) is 8.38. The van der Waals surface area contributed by atoms with E-state index in [4.69, 9.17) is 15.7 Å². The van der Waals surface area contributed by atoms with Gasteiger partial charge in [0.1, 0.15) is 0 Å². The predicted molar refractivity (Wildman–Crippen MR) is 76.3 cm³/mol. The third-order valence-electron chi connectivity index (χ3n) is 3.15. The predicted octanol–water partition coefficient (Wildman–Crippen LogP) is -0.847. The van der Waals surface area contributed by atoms with Crippen molar-refractivity contribution in [1.29, 1.82) is 0 Å². The quantitative estimate of drug-likeness (QED) is 0.177. The van der Waals surface area contributed by atoms with Crippen molar-refractivity contribution in [2.24, 2.45) is 10.9 Å². The number of rotatable bonds is 8. The van der Waals surface area contributed by atoms with Crippen molar-refractivity contribution in [3.8, 4) is 0 Å². The van der Waals surface area contributed by atoms with Crippen LogP contribution in [0.2, 0.25) is 0 Å². The summed E-state index contributed by atoms with van der Waals surface area (Å²) >= 11 is 0. The van der Waals surface area contributed by atoms with E-state index in [1.54, 1.807) is 0 Å². The van der Waals surface area contributed by atoms with Crippen molar-refractivity contribution in [3.05, 3.63) is 0 Å². The first-order valence-electron chi connectivity index (χ1n) is 6.73. The van der Waals surface area contributed by atoms with Gasteiger partial charge in [-0.2, -0.15) is 0 Å². The largest absolute Gasteiger partial charge is 0.409 e. The Balaban J connectivity index is 2.31. The number of sulfonamides is 1. The lowest BCUT2D eigenvalue weighted by atomic mass is 10.1. The van der Waals surface area contributed by atoms with Gasteiger partial charge in [-0.3, -0.25) is 4.90 Å². The summed E-state index contributed by atoms with van der Waals surface area (Å²) in [4.78, 5) is 2.03. The van der Waals surface area contributed by atoms with Crippen LogP contribution in [0.1, 0.15) is 19.8 Å². The first kappa shape index (κ1) is 17.2. The highest BCUT2D eigenvalue weighted by atomic mass is 32.2. The molecule has 0 aromatic heterocycles. The van der Waals surface area contributed by atoms with Crippen LogP contribution >= 0.6 is 0 Å². The van der Waals surface area contributed by atoms with Crippen molar-refractivity contribution < 1.29 is 18.4 Å². The average Bonchev–Trinajstić information content (AvgIpc) is 2.40. The van der Waals surface area contributed by atoms with E-state index in [9.17, 15) is 8.42 Å². The Hall–Kier alpha value is -0.900. The highest BCUT2D eigenvalue weighted by Crippen LogP contribution is 2.11. The molecule has 0 bridgehead atoms. The van der Waals surface area contributed by atoms with Gasteiger partial charge < -0.3 is 15.7 Å². The van der Waals surface area contributed by atoms with Crippen molar-refractivity contribution >= 4 is 15.9 Å². The van der Waals surface area contributed by atoms with Gasteiger partial charge in [0.05, 0.1) is 18.9 Å². The molecule has 0 saturated carbocycles. The van der Waals surface area contributed by atoms with E-state index in [-0.39, 0.29) is 24.2 Å². The number of amidine groups is 1. The summed E-state index contributed by atoms with van der Waals surface area (Å²) in [5, 5.41) is 11.4. The van der Waals surface area contributed by atoms with Gasteiger partial charge in [-0.15, -0.1) is 0 Å². The van der Waals surface area contributed by atoms with Gasteiger partial charge in [0, 0.05) is 25.7 Å². The molecule has 20 heavy (non-hydrogen) atoms. The summed E-state index contributed by atoms with van der Waals surface area (Å²) in [7, 11) is -3.28. The Morgan fingerprint density at radius 1 is 1.50 bits per heavy atom. The maximum Gasteiger partial charge on any atom is 0.214 e. The standard InChI is InChI=1S/C11H24N4O4S/c1-2-19-7-8-20(17,18)14-10-3-5-15(6-4-10)9-11(12)13-16/h10,14,16H,2-9H2,1H3,(H2,12,13). The molecule has 0 spiro atoms. The third-order valence-corrected chi connectivity index (χ3v) is 4.54. The van der Waals surface area contributed by atoms with E-state index in [2.05, 4.69) is 9.88 Å². The summed E-state index contributed by atoms with van der Waals surface area (Å²) in [6.45, 7) is 4.40. The van der Waals surface area contributed by atoms with Crippen molar-refractivity contribution in [3.63, 3.8) is 0 Å². The minimum absolute atomic E-state index is 0.00876. The van der Waals surface area contributed by atoms with Gasteiger partial charge >= 0.3 is 0 Å². The normalized spacial score (nSPS) is 19.4. The highest BCUT2D eigenvalue weighted by Gasteiger charge is 2.23. The van der Waals surface area contributed by atoms with E-state index in [0.717, 1.165) is 13.1 Å². The number of nitrogens with two attached hydrogens (primary N) is 1. The summed E-state index contributed by atoms with van der Waals surface area (Å²) < 4.78 is 31.4. The second kappa shape index (κ2) is 8.40. The molecule has 0 aliphatic carbocycles. The molecule has 0 aromatic rings. The number of oxime groups is 1. The van der Waals surface area contributed by atoms with Crippen molar-refractivity contribution in [2.45, 2.75) is 25.8 Å². The minimum Gasteiger partial charge on any atom is -0.409 e. The SMILES string of the molecule is CCOCCS(=O)(=O)NC1CCN(CC(N)=NO)CC1. The zero-order valence-electron chi connectivity index (χ0n) is 11.8. The van der Waals surface area contributed by atoms with Crippen LogP contribution in [0, 0.1) is 0 Å². The first-order chi connectivity index (χ1) is 9.46. The molecule has 0 amide bonds. The molecule has 1 aliphatic heterocycles. The smallest absolute Gasteiger partial charge is 0.214 e. The number of nitrogens with one attached hydrogen (secondary N) is 1. The minimum atomic E-state index is -3.28. The molecule has 1 saturated heterocycles. The number of ether oxygens (including phenoxy) is 1. The maximum atomic E-state index is 11.8. The fourth-order valence-electron chi connectivity index (χ4n) is 2.10. The van der Waals surface area contributed by atoms with Crippen LogP contribution in [0.5, 0.6) is 0 Å². The van der Waals surface area contributed by atoms with Crippen LogP contribution in [-0.2, 0) is 14.8 Å². The molecule has 1 rings (SSSR count). The highest BCUT2D eigenvalue weighted by molar-refractivity contribution is 7.89. The number of hydrogen-bond donors (Lipinski definition) is 3. The number of likely N-dealkylation sites (tertiary alicyclic amines) is 1. The molecule has 0 unspecified atom stereocenters. The average molecular weight is 308 g/mol. The second-order valence-corrected chi connectivity index (χ2v) is 6.65. The zero-order chi connectivity index (χ0) is 15.0. The summed E-state index contributed by atoms with van der Waals surface area (Å²) in [5.41, 5.74) is 5.44. The number of nitrogens with zero attached hydrogens (tertiary/aromatic N) is 2. The van der Waals surface area contributed by atoms with E-state index >= 15 is 0 Å². The van der Waals surface area contributed by atoms with Gasteiger partial charge in [0.25, 0.3) is 0 Å². The Kier molecular flexibility index (Phi) is 7.20. The van der Waals surface area contributed by atoms with Crippen LogP contribution in [0.15, 0.2) is 5.16 Å². The summed E-state index contributed by atoms with van der Waals surface area (Å²) in [5.74, 6) is 0.159. The van der Waals surface area contributed by atoms with Crippen molar-refractivity contribution in [2.75, 3.05) is 38.6 Å². The van der Waals surface area contributed by atoms with Gasteiger partial charge in [-0.1, -0.05) is 5.16 Å². The van der Waals surface area contributed by atoms with Crippen LogP contribution < -0.4 is 10.5 Å². The van der Waals surface area contributed by atoms with E-state index in [1.807, 2.05) is 11.8 Å². The van der Waals surface area contributed by atoms with Gasteiger partial charge in [0.15, 0.2) is 5.84 Å². The summed E-state index contributed by atoms with van der Waals surface area (Å²) in [6.07, 6.45) is 1.43. The van der Waals surface area contributed by atoms with Gasteiger partial charge in [0.2, 0.25) is 10.0 Å². The second-order valence-electron chi connectivity index (χ2n) is 4.78. The molecule has 9 heteroatoms. The molecule has 0 radical (unpaired) electrons. The lowest BCUT2D eigenvalue weighted by Gasteiger charge is -2.31. The Labute approximate surface area is 120 Å². The number of piperidine rings is 1. The molecule has 1 aliphatic rings. The van der Waals surface area contributed by atoms with Crippen molar-refractivity contribution in [1.82, 2.24) is 9.62 Å². The molecule has 0 atom stereocenters. The molecule has 118 valence electrons. The van der Waals surface area contributed by atoms with E-state index < -0.39 is 10.0 Å². The number of hydrogen-bond acceptors (Lipinski definition) is 6. The van der Waals surface area contributed by atoms with E-state index in [0.29, 0.717) is 26.0 Å². The topological polar surface area (TPSA) is 117 Å². The van der Waals surface area contributed by atoms with E-state index in [1.165, 1.54) is 0 Å².